The number of esters is 1. The molecule has 8 heteroatoms. The van der Waals surface area contributed by atoms with Crippen LogP contribution in [0.15, 0.2) is 20.7 Å². The number of ether oxygens (including phenoxy) is 1. The first-order valence-electron chi connectivity index (χ1n) is 7.91. The Labute approximate surface area is 158 Å². The van der Waals surface area contributed by atoms with E-state index in [0.29, 0.717) is 17.8 Å². The van der Waals surface area contributed by atoms with Crippen LogP contribution < -0.4 is 5.56 Å². The van der Waals surface area contributed by atoms with Crippen LogP contribution in [-0.2, 0) is 11.3 Å². The molecule has 0 radical (unpaired) electrons. The molecule has 0 amide bonds. The van der Waals surface area contributed by atoms with Crippen molar-refractivity contribution in [2.45, 2.75) is 40.7 Å². The third-order valence-electron chi connectivity index (χ3n) is 3.49. The van der Waals surface area contributed by atoms with Crippen molar-refractivity contribution < 1.29 is 14.6 Å². The smallest absolute Gasteiger partial charge is 0.347 e. The largest absolute Gasteiger partial charge is 0.505 e. The van der Waals surface area contributed by atoms with Crippen LogP contribution in [0.25, 0.3) is 10.6 Å². The summed E-state index contributed by atoms with van der Waals surface area (Å²) >= 11 is 4.72. The highest BCUT2D eigenvalue weighted by atomic mass is 79.9. The van der Waals surface area contributed by atoms with Gasteiger partial charge in [0.25, 0.3) is 5.56 Å². The van der Waals surface area contributed by atoms with E-state index in [-0.39, 0.29) is 23.3 Å². The van der Waals surface area contributed by atoms with Crippen molar-refractivity contribution in [3.8, 4) is 16.3 Å². The zero-order chi connectivity index (χ0) is 18.8. The van der Waals surface area contributed by atoms with Crippen molar-refractivity contribution in [3.05, 3.63) is 31.8 Å². The van der Waals surface area contributed by atoms with Crippen LogP contribution >= 0.6 is 27.3 Å². The summed E-state index contributed by atoms with van der Waals surface area (Å²) < 4.78 is 7.03. The molecule has 0 spiro atoms. The normalized spacial score (nSPS) is 11.6. The molecule has 1 N–H and O–H groups in total. The average molecular weight is 429 g/mol. The first-order valence-corrected chi connectivity index (χ1v) is 9.52. The molecule has 2 aromatic heterocycles. The summed E-state index contributed by atoms with van der Waals surface area (Å²) in [5.74, 6) is -1.28. The van der Waals surface area contributed by atoms with Crippen LogP contribution in [0.5, 0.6) is 5.75 Å². The average Bonchev–Trinajstić information content (AvgIpc) is 2.92. The van der Waals surface area contributed by atoms with Gasteiger partial charge in [0.1, 0.15) is 5.69 Å². The molecule has 0 aliphatic heterocycles. The molecule has 25 heavy (non-hydrogen) atoms. The highest BCUT2D eigenvalue weighted by Crippen LogP contribution is 2.35. The fraction of sp³-hybridized carbons (Fsp3) is 0.471. The van der Waals surface area contributed by atoms with Gasteiger partial charge < -0.3 is 9.84 Å². The molecule has 2 aromatic rings. The molecule has 0 aliphatic carbocycles. The van der Waals surface area contributed by atoms with E-state index in [2.05, 4.69) is 41.8 Å². The molecule has 0 unspecified atom stereocenters. The van der Waals surface area contributed by atoms with E-state index in [1.165, 1.54) is 16.0 Å². The van der Waals surface area contributed by atoms with Gasteiger partial charge in [0.2, 0.25) is 0 Å². The summed E-state index contributed by atoms with van der Waals surface area (Å²) in [6, 6.07) is 3.58. The Morgan fingerprint density at radius 1 is 1.40 bits per heavy atom. The Morgan fingerprint density at radius 3 is 2.60 bits per heavy atom. The number of aromatic nitrogens is 2. The lowest BCUT2D eigenvalue weighted by molar-refractivity contribution is 0.0519. The molecular formula is C17H21BrN2O4S. The fourth-order valence-electron chi connectivity index (χ4n) is 2.15. The minimum absolute atomic E-state index is 0.00474. The highest BCUT2D eigenvalue weighted by molar-refractivity contribution is 9.11. The number of rotatable bonds is 5. The molecule has 0 aromatic carbocycles. The number of halogens is 1. The van der Waals surface area contributed by atoms with Crippen LogP contribution in [0.1, 0.15) is 44.5 Å². The van der Waals surface area contributed by atoms with Gasteiger partial charge >= 0.3 is 5.97 Å². The fourth-order valence-corrected chi connectivity index (χ4v) is 3.52. The number of aromatic hydroxyl groups is 1. The maximum Gasteiger partial charge on any atom is 0.347 e. The number of hydrogen-bond acceptors (Lipinski definition) is 6. The standard InChI is InChI=1S/C17H21BrN2O4S/c1-5-24-16(23)12-14(21)13(10-6-7-11(18)25-10)19-20(15(12)22)9-8-17(2,3)4/h6-7,21H,5,8-9H2,1-4H3. The Morgan fingerprint density at radius 2 is 2.08 bits per heavy atom. The molecule has 136 valence electrons. The second-order valence-electron chi connectivity index (χ2n) is 6.74. The van der Waals surface area contributed by atoms with Crippen molar-refractivity contribution in [2.24, 2.45) is 5.41 Å². The van der Waals surface area contributed by atoms with Crippen LogP contribution in [-0.4, -0.2) is 27.5 Å². The minimum Gasteiger partial charge on any atom is -0.505 e. The number of nitrogens with zero attached hydrogens (tertiary/aromatic N) is 2. The maximum absolute atomic E-state index is 12.6. The first kappa shape index (κ1) is 19.7. The molecule has 2 heterocycles. The second kappa shape index (κ2) is 7.70. The lowest BCUT2D eigenvalue weighted by Crippen LogP contribution is -2.31. The van der Waals surface area contributed by atoms with Gasteiger partial charge in [-0.05, 0) is 46.8 Å². The summed E-state index contributed by atoms with van der Waals surface area (Å²) in [5, 5.41) is 14.8. The van der Waals surface area contributed by atoms with Gasteiger partial charge in [-0.2, -0.15) is 5.10 Å². The molecule has 0 saturated heterocycles. The van der Waals surface area contributed by atoms with Crippen LogP contribution in [0.2, 0.25) is 0 Å². The predicted octanol–water partition coefficient (Wildman–Crippen LogP) is 4.05. The number of aryl methyl sites for hydroxylation is 1. The molecule has 0 saturated carbocycles. The minimum atomic E-state index is -0.839. The second-order valence-corrected chi connectivity index (χ2v) is 9.20. The van der Waals surface area contributed by atoms with Crippen LogP contribution in [0.4, 0.5) is 0 Å². The molecule has 0 fully saturated rings. The van der Waals surface area contributed by atoms with Crippen LogP contribution in [0.3, 0.4) is 0 Å². The van der Waals surface area contributed by atoms with Crippen molar-refractivity contribution in [1.82, 2.24) is 9.78 Å². The zero-order valence-corrected chi connectivity index (χ0v) is 17.0. The van der Waals surface area contributed by atoms with Crippen molar-refractivity contribution >= 4 is 33.2 Å². The quantitative estimate of drug-likeness (QED) is 0.726. The van der Waals surface area contributed by atoms with E-state index in [9.17, 15) is 14.7 Å². The van der Waals surface area contributed by atoms with Gasteiger partial charge in [0, 0.05) is 6.54 Å². The zero-order valence-electron chi connectivity index (χ0n) is 14.6. The molecular weight excluding hydrogens is 408 g/mol. The molecule has 0 atom stereocenters. The van der Waals surface area contributed by atoms with E-state index >= 15 is 0 Å². The summed E-state index contributed by atoms with van der Waals surface area (Å²) in [6.07, 6.45) is 0.695. The first-order chi connectivity index (χ1) is 11.6. The lowest BCUT2D eigenvalue weighted by Gasteiger charge is -2.19. The summed E-state index contributed by atoms with van der Waals surface area (Å²) in [5.41, 5.74) is -0.813. The number of thiophene rings is 1. The Kier molecular flexibility index (Phi) is 6.05. The van der Waals surface area contributed by atoms with E-state index in [1.807, 2.05) is 6.07 Å². The monoisotopic (exact) mass is 428 g/mol. The SMILES string of the molecule is CCOC(=O)c1c(O)c(-c2ccc(Br)s2)nn(CCC(C)(C)C)c1=O. The Hall–Kier alpha value is -1.67. The van der Waals surface area contributed by atoms with Crippen molar-refractivity contribution in [3.63, 3.8) is 0 Å². The van der Waals surface area contributed by atoms with E-state index in [0.717, 1.165) is 3.79 Å². The number of carbonyl (C=O) groups excluding carboxylic acids is 1. The van der Waals surface area contributed by atoms with Crippen molar-refractivity contribution in [1.29, 1.82) is 0 Å². The van der Waals surface area contributed by atoms with Gasteiger partial charge in [-0.1, -0.05) is 20.8 Å². The number of hydrogen-bond donors (Lipinski definition) is 1. The highest BCUT2D eigenvalue weighted by Gasteiger charge is 2.26. The van der Waals surface area contributed by atoms with Gasteiger partial charge in [-0.25, -0.2) is 9.48 Å². The van der Waals surface area contributed by atoms with Gasteiger partial charge in [0.05, 0.1) is 15.3 Å². The topological polar surface area (TPSA) is 81.4 Å². The van der Waals surface area contributed by atoms with Gasteiger partial charge in [0.15, 0.2) is 11.3 Å². The Bertz CT molecular complexity index is 836. The summed E-state index contributed by atoms with van der Waals surface area (Å²) in [6.45, 7) is 8.27. The molecule has 2 rings (SSSR count). The molecule has 0 bridgehead atoms. The summed E-state index contributed by atoms with van der Waals surface area (Å²) in [4.78, 5) is 25.5. The maximum atomic E-state index is 12.6. The van der Waals surface area contributed by atoms with E-state index in [4.69, 9.17) is 4.74 Å². The van der Waals surface area contributed by atoms with Crippen LogP contribution in [0, 0.1) is 5.41 Å². The Balaban J connectivity index is 2.61. The predicted molar refractivity (Wildman–Crippen MR) is 101 cm³/mol. The number of carbonyl (C=O) groups is 1. The third kappa shape index (κ3) is 4.70. The summed E-state index contributed by atoms with van der Waals surface area (Å²) in [7, 11) is 0. The molecule has 0 aliphatic rings. The van der Waals surface area contributed by atoms with Gasteiger partial charge in [-0.3, -0.25) is 4.79 Å². The van der Waals surface area contributed by atoms with E-state index < -0.39 is 17.3 Å². The van der Waals surface area contributed by atoms with Gasteiger partial charge in [-0.15, -0.1) is 11.3 Å². The lowest BCUT2D eigenvalue weighted by atomic mass is 9.92. The molecule has 6 nitrogen and oxygen atoms in total. The third-order valence-corrected chi connectivity index (χ3v) is 5.12. The van der Waals surface area contributed by atoms with E-state index in [1.54, 1.807) is 13.0 Å². The van der Waals surface area contributed by atoms with Crippen molar-refractivity contribution in [2.75, 3.05) is 6.61 Å².